The molecule has 3 N–H and O–H groups in total. The highest BCUT2D eigenvalue weighted by molar-refractivity contribution is 6.40. The summed E-state index contributed by atoms with van der Waals surface area (Å²) in [4.78, 5) is 21.8. The van der Waals surface area contributed by atoms with Crippen LogP contribution in [0.3, 0.4) is 0 Å². The molecular formula is C8H14O5. The number of carbonyl (C=O) groups excluding carboxylic acids is 2. The first kappa shape index (κ1) is 12.2. The first-order valence-corrected chi connectivity index (χ1v) is 4.09. The zero-order valence-electron chi connectivity index (χ0n) is 7.43. The number of rotatable bonds is 6. The topological polar surface area (TPSA) is 94.8 Å². The van der Waals surface area contributed by atoms with E-state index in [9.17, 15) is 9.59 Å². The molecule has 0 saturated carbocycles. The largest absolute Gasteiger partial charge is 0.393 e. The average molecular weight is 190 g/mol. The molecule has 0 aromatic rings. The van der Waals surface area contributed by atoms with Crippen LogP contribution in [0.5, 0.6) is 0 Å². The lowest BCUT2D eigenvalue weighted by Crippen LogP contribution is -2.37. The molecule has 0 aliphatic heterocycles. The van der Waals surface area contributed by atoms with Crippen LogP contribution in [0.4, 0.5) is 0 Å². The van der Waals surface area contributed by atoms with Crippen molar-refractivity contribution < 1.29 is 24.9 Å². The predicted molar refractivity (Wildman–Crippen MR) is 44.0 cm³/mol. The summed E-state index contributed by atoms with van der Waals surface area (Å²) in [6.07, 6.45) is -2.32. The van der Waals surface area contributed by atoms with E-state index in [0.717, 1.165) is 0 Å². The van der Waals surface area contributed by atoms with Crippen LogP contribution in [0, 0.1) is 0 Å². The third kappa shape index (κ3) is 3.63. The summed E-state index contributed by atoms with van der Waals surface area (Å²) in [5.41, 5.74) is 0. The van der Waals surface area contributed by atoms with E-state index in [1.165, 1.54) is 0 Å². The number of ketones is 2. The van der Waals surface area contributed by atoms with Crippen LogP contribution in [0.25, 0.3) is 0 Å². The maximum absolute atomic E-state index is 11.0. The number of hydrogen-bond acceptors (Lipinski definition) is 5. The molecule has 0 radical (unpaired) electrons. The summed E-state index contributed by atoms with van der Waals surface area (Å²) in [6, 6.07) is 0. The maximum Gasteiger partial charge on any atom is 0.231 e. The fourth-order valence-corrected chi connectivity index (χ4v) is 0.816. The molecule has 0 rings (SSSR count). The van der Waals surface area contributed by atoms with E-state index in [-0.39, 0.29) is 6.42 Å². The number of carbonyl (C=O) groups is 2. The Morgan fingerprint density at radius 1 is 1.15 bits per heavy atom. The summed E-state index contributed by atoms with van der Waals surface area (Å²) in [6.45, 7) is 0.951. The lowest BCUT2D eigenvalue weighted by Gasteiger charge is -2.09. The SMILES string of the molecule is CCCC(O)C(=O)C(=O)[C@H](O)CO. The van der Waals surface area contributed by atoms with E-state index in [0.29, 0.717) is 6.42 Å². The van der Waals surface area contributed by atoms with Crippen molar-refractivity contribution in [3.63, 3.8) is 0 Å². The van der Waals surface area contributed by atoms with E-state index in [4.69, 9.17) is 15.3 Å². The van der Waals surface area contributed by atoms with Gasteiger partial charge in [0.25, 0.3) is 0 Å². The molecule has 0 aliphatic rings. The molecule has 0 amide bonds. The molecule has 0 fully saturated rings. The van der Waals surface area contributed by atoms with Gasteiger partial charge in [-0.2, -0.15) is 0 Å². The molecule has 0 saturated heterocycles. The van der Waals surface area contributed by atoms with Crippen molar-refractivity contribution in [3.05, 3.63) is 0 Å². The molecule has 5 nitrogen and oxygen atoms in total. The zero-order chi connectivity index (χ0) is 10.4. The second kappa shape index (κ2) is 5.80. The van der Waals surface area contributed by atoms with E-state index in [1.807, 2.05) is 0 Å². The molecule has 0 heterocycles. The first-order valence-electron chi connectivity index (χ1n) is 4.09. The van der Waals surface area contributed by atoms with Gasteiger partial charge < -0.3 is 15.3 Å². The van der Waals surface area contributed by atoms with Gasteiger partial charge in [0, 0.05) is 0 Å². The van der Waals surface area contributed by atoms with Gasteiger partial charge >= 0.3 is 0 Å². The molecule has 0 bridgehead atoms. The van der Waals surface area contributed by atoms with Gasteiger partial charge in [0.1, 0.15) is 12.2 Å². The molecular weight excluding hydrogens is 176 g/mol. The third-order valence-corrected chi connectivity index (χ3v) is 1.58. The van der Waals surface area contributed by atoms with Crippen LogP contribution >= 0.6 is 0 Å². The lowest BCUT2D eigenvalue weighted by atomic mass is 10.0. The average Bonchev–Trinajstić information content (AvgIpc) is 2.14. The minimum Gasteiger partial charge on any atom is -0.393 e. The van der Waals surface area contributed by atoms with Crippen molar-refractivity contribution in [2.45, 2.75) is 32.0 Å². The summed E-state index contributed by atoms with van der Waals surface area (Å²) in [5, 5.41) is 26.2. The van der Waals surface area contributed by atoms with Crippen LogP contribution in [-0.4, -0.2) is 45.7 Å². The van der Waals surface area contributed by atoms with Crippen LogP contribution in [0.15, 0.2) is 0 Å². The molecule has 76 valence electrons. The molecule has 0 spiro atoms. The standard InChI is InChI=1S/C8H14O5/c1-2-3-5(10)7(12)8(13)6(11)4-9/h5-6,9-11H,2-4H2,1H3/t5?,6-/m1/s1. The Kier molecular flexibility index (Phi) is 5.45. The van der Waals surface area contributed by atoms with Crippen LogP contribution in [-0.2, 0) is 9.59 Å². The Bertz CT molecular complexity index is 189. The van der Waals surface area contributed by atoms with Crippen molar-refractivity contribution in [1.29, 1.82) is 0 Å². The van der Waals surface area contributed by atoms with Crippen LogP contribution in [0.2, 0.25) is 0 Å². The van der Waals surface area contributed by atoms with Gasteiger partial charge in [-0.1, -0.05) is 13.3 Å². The van der Waals surface area contributed by atoms with Gasteiger partial charge in [-0.05, 0) is 6.42 Å². The van der Waals surface area contributed by atoms with Crippen molar-refractivity contribution in [3.8, 4) is 0 Å². The van der Waals surface area contributed by atoms with E-state index in [1.54, 1.807) is 6.92 Å². The summed E-state index contributed by atoms with van der Waals surface area (Å²) >= 11 is 0. The monoisotopic (exact) mass is 190 g/mol. The van der Waals surface area contributed by atoms with Gasteiger partial charge in [-0.25, -0.2) is 0 Å². The Morgan fingerprint density at radius 2 is 1.62 bits per heavy atom. The van der Waals surface area contributed by atoms with E-state index < -0.39 is 30.4 Å². The van der Waals surface area contributed by atoms with Gasteiger partial charge in [0.15, 0.2) is 0 Å². The zero-order valence-corrected chi connectivity index (χ0v) is 7.43. The highest BCUT2D eigenvalue weighted by atomic mass is 16.3. The van der Waals surface area contributed by atoms with E-state index in [2.05, 4.69) is 0 Å². The highest BCUT2D eigenvalue weighted by Gasteiger charge is 2.27. The van der Waals surface area contributed by atoms with Crippen LogP contribution in [0.1, 0.15) is 19.8 Å². The fourth-order valence-electron chi connectivity index (χ4n) is 0.816. The van der Waals surface area contributed by atoms with Crippen molar-refractivity contribution >= 4 is 11.6 Å². The Hall–Kier alpha value is -0.780. The van der Waals surface area contributed by atoms with Gasteiger partial charge in [0.2, 0.25) is 11.6 Å². The molecule has 5 heteroatoms. The van der Waals surface area contributed by atoms with Gasteiger partial charge in [0.05, 0.1) is 6.61 Å². The normalized spacial score (nSPS) is 15.1. The Labute approximate surface area is 76.0 Å². The first-order chi connectivity index (χ1) is 6.04. The summed E-state index contributed by atoms with van der Waals surface area (Å²) in [7, 11) is 0. The third-order valence-electron chi connectivity index (χ3n) is 1.58. The predicted octanol–water partition coefficient (Wildman–Crippen LogP) is -1.36. The number of hydrogen-bond donors (Lipinski definition) is 3. The lowest BCUT2D eigenvalue weighted by molar-refractivity contribution is -0.147. The van der Waals surface area contributed by atoms with E-state index >= 15 is 0 Å². The minimum atomic E-state index is -1.71. The molecule has 1 unspecified atom stereocenters. The summed E-state index contributed by atoms with van der Waals surface area (Å²) in [5.74, 6) is -2.17. The summed E-state index contributed by atoms with van der Waals surface area (Å²) < 4.78 is 0. The molecule has 13 heavy (non-hydrogen) atoms. The second-order valence-corrected chi connectivity index (χ2v) is 2.73. The van der Waals surface area contributed by atoms with Crippen molar-refractivity contribution in [2.24, 2.45) is 0 Å². The smallest absolute Gasteiger partial charge is 0.231 e. The molecule has 0 aromatic carbocycles. The Morgan fingerprint density at radius 3 is 2.00 bits per heavy atom. The fraction of sp³-hybridized carbons (Fsp3) is 0.750. The minimum absolute atomic E-state index is 0.183. The second-order valence-electron chi connectivity index (χ2n) is 2.73. The van der Waals surface area contributed by atoms with Crippen molar-refractivity contribution in [2.75, 3.05) is 6.61 Å². The molecule has 0 aromatic heterocycles. The number of Topliss-reactive ketones (excluding diaryl/α,β-unsaturated/α-hetero) is 2. The Balaban J connectivity index is 4.17. The molecule has 2 atom stereocenters. The highest BCUT2D eigenvalue weighted by Crippen LogP contribution is 2.00. The van der Waals surface area contributed by atoms with Crippen LogP contribution < -0.4 is 0 Å². The number of aliphatic hydroxyl groups is 3. The molecule has 0 aliphatic carbocycles. The van der Waals surface area contributed by atoms with Crippen molar-refractivity contribution in [1.82, 2.24) is 0 Å². The van der Waals surface area contributed by atoms with Gasteiger partial charge in [-0.3, -0.25) is 9.59 Å². The number of aliphatic hydroxyl groups excluding tert-OH is 3. The quantitative estimate of drug-likeness (QED) is 0.449. The maximum atomic E-state index is 11.0. The van der Waals surface area contributed by atoms with Gasteiger partial charge in [-0.15, -0.1) is 0 Å².